The van der Waals surface area contributed by atoms with Crippen molar-refractivity contribution >= 4 is 6.29 Å². The van der Waals surface area contributed by atoms with E-state index in [-0.39, 0.29) is 0 Å². The summed E-state index contributed by atoms with van der Waals surface area (Å²) in [6, 6.07) is 2.06. The second-order valence-corrected chi connectivity index (χ2v) is 3.32. The third-order valence-corrected chi connectivity index (χ3v) is 2.45. The maximum atomic E-state index is 10.3. The molecule has 0 saturated heterocycles. The first-order valence-corrected chi connectivity index (χ1v) is 4.25. The molecule has 0 spiro atoms. The Morgan fingerprint density at radius 2 is 2.33 bits per heavy atom. The van der Waals surface area contributed by atoms with Crippen LogP contribution in [0.1, 0.15) is 17.5 Å². The molecule has 1 heterocycles. The summed E-state index contributed by atoms with van der Waals surface area (Å²) in [7, 11) is 0. The predicted octanol–water partition coefficient (Wildman–Crippen LogP) is 1.39. The quantitative estimate of drug-likeness (QED) is 0.613. The van der Waals surface area contributed by atoms with E-state index in [2.05, 4.69) is 11.1 Å². The van der Waals surface area contributed by atoms with Gasteiger partial charge in [0, 0.05) is 18.8 Å². The van der Waals surface area contributed by atoms with Crippen LogP contribution in [0.3, 0.4) is 0 Å². The van der Waals surface area contributed by atoms with E-state index in [4.69, 9.17) is 0 Å². The van der Waals surface area contributed by atoms with Crippen molar-refractivity contribution in [1.29, 1.82) is 0 Å². The number of pyridine rings is 1. The Labute approximate surface area is 71.6 Å². The summed E-state index contributed by atoms with van der Waals surface area (Å²) in [5, 5.41) is 0. The molecule has 1 unspecified atom stereocenters. The standard InChI is InChI=1S/C10H11NO/c12-4-2-8-5-9-1-3-11-7-10(9)6-8/h1,3-4,7-8H,2,5-6H2. The van der Waals surface area contributed by atoms with Crippen LogP contribution in [0.2, 0.25) is 0 Å². The molecule has 1 atom stereocenters. The molecular weight excluding hydrogens is 150 g/mol. The van der Waals surface area contributed by atoms with Gasteiger partial charge >= 0.3 is 0 Å². The molecule has 1 aliphatic carbocycles. The molecule has 0 aliphatic heterocycles. The molecule has 0 bridgehead atoms. The minimum Gasteiger partial charge on any atom is -0.303 e. The van der Waals surface area contributed by atoms with Crippen LogP contribution in [0.5, 0.6) is 0 Å². The fraction of sp³-hybridized carbons (Fsp3) is 0.400. The smallest absolute Gasteiger partial charge is 0.120 e. The van der Waals surface area contributed by atoms with Gasteiger partial charge in [-0.3, -0.25) is 4.98 Å². The zero-order valence-corrected chi connectivity index (χ0v) is 6.86. The van der Waals surface area contributed by atoms with E-state index >= 15 is 0 Å². The van der Waals surface area contributed by atoms with Gasteiger partial charge in [0.05, 0.1) is 0 Å². The van der Waals surface area contributed by atoms with Crippen LogP contribution in [0.4, 0.5) is 0 Å². The summed E-state index contributed by atoms with van der Waals surface area (Å²) >= 11 is 0. The molecule has 12 heavy (non-hydrogen) atoms. The molecule has 1 aromatic heterocycles. The molecule has 2 heteroatoms. The fourth-order valence-electron chi connectivity index (χ4n) is 1.84. The summed E-state index contributed by atoms with van der Waals surface area (Å²) in [5.74, 6) is 0.529. The Morgan fingerprint density at radius 3 is 3.08 bits per heavy atom. The van der Waals surface area contributed by atoms with Crippen molar-refractivity contribution in [1.82, 2.24) is 4.98 Å². The Morgan fingerprint density at radius 1 is 1.50 bits per heavy atom. The molecule has 62 valence electrons. The van der Waals surface area contributed by atoms with Gasteiger partial charge in [0.2, 0.25) is 0 Å². The van der Waals surface area contributed by atoms with E-state index in [0.717, 1.165) is 19.1 Å². The normalized spacial score (nSPS) is 20.5. The van der Waals surface area contributed by atoms with E-state index in [1.165, 1.54) is 11.1 Å². The Bertz CT molecular complexity index is 271. The second-order valence-electron chi connectivity index (χ2n) is 3.32. The van der Waals surface area contributed by atoms with Crippen LogP contribution in [-0.4, -0.2) is 11.3 Å². The maximum Gasteiger partial charge on any atom is 0.120 e. The predicted molar refractivity (Wildman–Crippen MR) is 45.8 cm³/mol. The van der Waals surface area contributed by atoms with Crippen LogP contribution < -0.4 is 0 Å². The van der Waals surface area contributed by atoms with Gasteiger partial charge in [-0.2, -0.15) is 0 Å². The highest BCUT2D eigenvalue weighted by Crippen LogP contribution is 2.26. The highest BCUT2D eigenvalue weighted by molar-refractivity contribution is 5.50. The molecule has 2 rings (SSSR count). The number of rotatable bonds is 2. The first kappa shape index (κ1) is 7.47. The fourth-order valence-corrected chi connectivity index (χ4v) is 1.84. The van der Waals surface area contributed by atoms with Crippen LogP contribution in [0.15, 0.2) is 18.5 Å². The number of carbonyl (C=O) groups excluding carboxylic acids is 1. The lowest BCUT2D eigenvalue weighted by atomic mass is 10.0. The Hall–Kier alpha value is -1.18. The van der Waals surface area contributed by atoms with Crippen LogP contribution >= 0.6 is 0 Å². The third kappa shape index (κ3) is 1.24. The Balaban J connectivity index is 2.16. The summed E-state index contributed by atoms with van der Waals surface area (Å²) in [6.07, 6.45) is 7.53. The van der Waals surface area contributed by atoms with Gasteiger partial charge in [0.1, 0.15) is 6.29 Å². The SMILES string of the molecule is O=CCC1Cc2ccncc2C1. The van der Waals surface area contributed by atoms with Crippen molar-refractivity contribution in [3.8, 4) is 0 Å². The zero-order chi connectivity index (χ0) is 8.39. The number of aromatic nitrogens is 1. The molecule has 0 amide bonds. The van der Waals surface area contributed by atoms with E-state index in [1.807, 2.05) is 12.4 Å². The van der Waals surface area contributed by atoms with E-state index in [0.29, 0.717) is 12.3 Å². The number of carbonyl (C=O) groups is 1. The molecule has 0 fully saturated rings. The molecule has 0 saturated carbocycles. The summed E-state index contributed by atoms with van der Waals surface area (Å²) in [6.45, 7) is 0. The van der Waals surface area contributed by atoms with E-state index in [9.17, 15) is 4.79 Å². The minimum atomic E-state index is 0.529. The molecule has 1 aromatic rings. The lowest BCUT2D eigenvalue weighted by molar-refractivity contribution is -0.108. The van der Waals surface area contributed by atoms with Crippen LogP contribution in [-0.2, 0) is 17.6 Å². The first-order chi connectivity index (χ1) is 5.90. The van der Waals surface area contributed by atoms with Crippen LogP contribution in [0, 0.1) is 5.92 Å². The van der Waals surface area contributed by atoms with E-state index in [1.54, 1.807) is 0 Å². The monoisotopic (exact) mass is 161 g/mol. The summed E-state index contributed by atoms with van der Waals surface area (Å²) < 4.78 is 0. The molecule has 0 radical (unpaired) electrons. The van der Waals surface area contributed by atoms with Gasteiger partial charge in [-0.25, -0.2) is 0 Å². The first-order valence-electron chi connectivity index (χ1n) is 4.25. The highest BCUT2D eigenvalue weighted by Gasteiger charge is 2.20. The van der Waals surface area contributed by atoms with Crippen molar-refractivity contribution in [2.24, 2.45) is 5.92 Å². The van der Waals surface area contributed by atoms with Crippen molar-refractivity contribution in [3.05, 3.63) is 29.6 Å². The topological polar surface area (TPSA) is 30.0 Å². The van der Waals surface area contributed by atoms with Crippen molar-refractivity contribution in [3.63, 3.8) is 0 Å². The molecule has 0 aromatic carbocycles. The van der Waals surface area contributed by atoms with Crippen molar-refractivity contribution in [2.75, 3.05) is 0 Å². The lowest BCUT2D eigenvalue weighted by Gasteiger charge is -2.00. The van der Waals surface area contributed by atoms with Gasteiger partial charge in [-0.1, -0.05) is 0 Å². The average molecular weight is 161 g/mol. The number of aldehydes is 1. The van der Waals surface area contributed by atoms with Gasteiger partial charge in [0.15, 0.2) is 0 Å². The van der Waals surface area contributed by atoms with E-state index < -0.39 is 0 Å². The average Bonchev–Trinajstić information content (AvgIpc) is 2.47. The lowest BCUT2D eigenvalue weighted by Crippen LogP contribution is -1.99. The maximum absolute atomic E-state index is 10.3. The van der Waals surface area contributed by atoms with Gasteiger partial charge in [-0.15, -0.1) is 0 Å². The zero-order valence-electron chi connectivity index (χ0n) is 6.86. The highest BCUT2D eigenvalue weighted by atomic mass is 16.1. The second kappa shape index (κ2) is 3.05. The van der Waals surface area contributed by atoms with Crippen molar-refractivity contribution < 1.29 is 4.79 Å². The Kier molecular flexibility index (Phi) is 1.90. The van der Waals surface area contributed by atoms with Gasteiger partial charge < -0.3 is 4.79 Å². The molecule has 0 N–H and O–H groups in total. The summed E-state index contributed by atoms with van der Waals surface area (Å²) in [4.78, 5) is 14.4. The third-order valence-electron chi connectivity index (χ3n) is 2.45. The van der Waals surface area contributed by atoms with Crippen molar-refractivity contribution in [2.45, 2.75) is 19.3 Å². The number of hydrogen-bond acceptors (Lipinski definition) is 2. The number of hydrogen-bond donors (Lipinski definition) is 0. The van der Waals surface area contributed by atoms with Crippen LogP contribution in [0.25, 0.3) is 0 Å². The number of fused-ring (bicyclic) bond motifs is 1. The summed E-state index contributed by atoms with van der Waals surface area (Å²) in [5.41, 5.74) is 2.70. The molecule has 2 nitrogen and oxygen atoms in total. The molecule has 1 aliphatic rings. The number of nitrogens with zero attached hydrogens (tertiary/aromatic N) is 1. The molecular formula is C10H11NO. The van der Waals surface area contributed by atoms with Gasteiger partial charge in [-0.05, 0) is 36.0 Å². The largest absolute Gasteiger partial charge is 0.303 e. The minimum absolute atomic E-state index is 0.529. The van der Waals surface area contributed by atoms with Gasteiger partial charge in [0.25, 0.3) is 0 Å².